The van der Waals surface area contributed by atoms with Crippen molar-refractivity contribution < 1.29 is 8.42 Å². The van der Waals surface area contributed by atoms with E-state index < -0.39 is 10.0 Å². The van der Waals surface area contributed by atoms with Gasteiger partial charge in [0, 0.05) is 19.6 Å². The Morgan fingerprint density at radius 3 is 2.50 bits per heavy atom. The van der Waals surface area contributed by atoms with Crippen molar-refractivity contribution in [1.29, 1.82) is 0 Å². The lowest BCUT2D eigenvalue weighted by Gasteiger charge is -2.26. The van der Waals surface area contributed by atoms with Gasteiger partial charge in [-0.1, -0.05) is 25.0 Å². The molecule has 1 heterocycles. The van der Waals surface area contributed by atoms with Crippen LogP contribution < -0.4 is 10.0 Å². The maximum Gasteiger partial charge on any atom is 0.240 e. The van der Waals surface area contributed by atoms with Crippen LogP contribution in [-0.4, -0.2) is 46.0 Å². The van der Waals surface area contributed by atoms with Crippen molar-refractivity contribution in [3.8, 4) is 0 Å². The molecular formula is C19H30N4O2S. The molecule has 26 heavy (non-hydrogen) atoms. The molecule has 1 saturated carbocycles. The van der Waals surface area contributed by atoms with Gasteiger partial charge >= 0.3 is 0 Å². The summed E-state index contributed by atoms with van der Waals surface area (Å²) in [5.41, 5.74) is 1.52. The minimum Gasteiger partial charge on any atom is -0.357 e. The van der Waals surface area contributed by atoms with Crippen LogP contribution in [0, 0.1) is 5.41 Å². The summed E-state index contributed by atoms with van der Waals surface area (Å²) in [5, 5.41) is 3.42. The van der Waals surface area contributed by atoms with E-state index in [9.17, 15) is 8.42 Å². The fourth-order valence-electron chi connectivity index (χ4n) is 4.13. The molecule has 1 saturated heterocycles. The fraction of sp³-hybridized carbons (Fsp3) is 0.632. The largest absolute Gasteiger partial charge is 0.357 e. The third-order valence-electron chi connectivity index (χ3n) is 5.65. The Morgan fingerprint density at radius 2 is 1.88 bits per heavy atom. The first-order valence-electron chi connectivity index (χ1n) is 9.54. The molecular weight excluding hydrogens is 348 g/mol. The molecule has 2 N–H and O–H groups in total. The summed E-state index contributed by atoms with van der Waals surface area (Å²) in [6.07, 6.45) is 6.70. The Morgan fingerprint density at radius 1 is 1.19 bits per heavy atom. The summed E-state index contributed by atoms with van der Waals surface area (Å²) < 4.78 is 25.9. The van der Waals surface area contributed by atoms with Gasteiger partial charge in [0.1, 0.15) is 0 Å². The topological polar surface area (TPSA) is 73.8 Å². The molecule has 2 aliphatic rings. The van der Waals surface area contributed by atoms with Crippen molar-refractivity contribution in [1.82, 2.24) is 14.9 Å². The molecule has 1 aliphatic carbocycles. The Hall–Kier alpha value is -1.60. The van der Waals surface area contributed by atoms with E-state index in [0.29, 0.717) is 12.0 Å². The minimum atomic E-state index is -3.39. The van der Waals surface area contributed by atoms with Crippen LogP contribution in [0.25, 0.3) is 0 Å². The second-order valence-corrected chi connectivity index (χ2v) is 9.29. The standard InChI is InChI=1S/C19H30N4O2S/c1-3-21-18(23-13-12-19(15-23)10-4-5-11-19)22-14-16-6-8-17(9-7-16)26(24,25)20-2/h6-9,20H,3-5,10-15H2,1-2H3,(H,21,22). The number of nitrogens with one attached hydrogen (secondary N) is 2. The summed E-state index contributed by atoms with van der Waals surface area (Å²) in [6.45, 7) is 5.67. The molecule has 3 rings (SSSR count). The highest BCUT2D eigenvalue weighted by molar-refractivity contribution is 7.89. The zero-order valence-electron chi connectivity index (χ0n) is 15.8. The average Bonchev–Trinajstić information content (AvgIpc) is 3.29. The van der Waals surface area contributed by atoms with Crippen LogP contribution in [0.15, 0.2) is 34.2 Å². The number of hydrogen-bond acceptors (Lipinski definition) is 3. The predicted octanol–water partition coefficient (Wildman–Crippen LogP) is 2.33. The number of nitrogens with zero attached hydrogens (tertiary/aromatic N) is 2. The summed E-state index contributed by atoms with van der Waals surface area (Å²) in [7, 11) is -1.97. The number of sulfonamides is 1. The average molecular weight is 379 g/mol. The third-order valence-corrected chi connectivity index (χ3v) is 7.08. The van der Waals surface area contributed by atoms with E-state index >= 15 is 0 Å². The first kappa shape index (κ1) is 19.2. The monoisotopic (exact) mass is 378 g/mol. The van der Waals surface area contributed by atoms with Gasteiger partial charge in [-0.2, -0.15) is 0 Å². The van der Waals surface area contributed by atoms with Crippen molar-refractivity contribution in [2.75, 3.05) is 26.7 Å². The second-order valence-electron chi connectivity index (χ2n) is 7.40. The molecule has 0 amide bonds. The fourth-order valence-corrected chi connectivity index (χ4v) is 4.86. The van der Waals surface area contributed by atoms with Crippen LogP contribution in [-0.2, 0) is 16.6 Å². The van der Waals surface area contributed by atoms with E-state index in [1.165, 1.54) is 39.2 Å². The molecule has 7 heteroatoms. The maximum absolute atomic E-state index is 11.8. The van der Waals surface area contributed by atoms with E-state index in [4.69, 9.17) is 4.99 Å². The summed E-state index contributed by atoms with van der Waals surface area (Å²) in [6, 6.07) is 6.93. The number of aliphatic imine (C=N–C) groups is 1. The van der Waals surface area contributed by atoms with Gasteiger partial charge in [-0.15, -0.1) is 0 Å². The van der Waals surface area contributed by atoms with Crippen molar-refractivity contribution >= 4 is 16.0 Å². The molecule has 1 spiro atoms. The van der Waals surface area contributed by atoms with E-state index in [2.05, 4.69) is 21.9 Å². The maximum atomic E-state index is 11.8. The highest BCUT2D eigenvalue weighted by Gasteiger charge is 2.41. The Labute approximate surface area is 157 Å². The number of hydrogen-bond donors (Lipinski definition) is 2. The quantitative estimate of drug-likeness (QED) is 0.609. The lowest BCUT2D eigenvalue weighted by molar-refractivity contribution is 0.309. The van der Waals surface area contributed by atoms with Gasteiger partial charge in [-0.3, -0.25) is 0 Å². The molecule has 0 unspecified atom stereocenters. The second kappa shape index (κ2) is 7.96. The normalized spacial score (nSPS) is 20.1. The zero-order chi connectivity index (χ0) is 18.6. The molecule has 1 aromatic carbocycles. The van der Waals surface area contributed by atoms with E-state index in [1.54, 1.807) is 12.1 Å². The smallest absolute Gasteiger partial charge is 0.240 e. The van der Waals surface area contributed by atoms with Gasteiger partial charge in [0.25, 0.3) is 0 Å². The Kier molecular flexibility index (Phi) is 5.87. The van der Waals surface area contributed by atoms with Crippen molar-refractivity contribution in [2.45, 2.75) is 50.5 Å². The Balaban J connectivity index is 1.68. The van der Waals surface area contributed by atoms with Crippen LogP contribution in [0.4, 0.5) is 0 Å². The molecule has 6 nitrogen and oxygen atoms in total. The van der Waals surface area contributed by atoms with Crippen LogP contribution in [0.3, 0.4) is 0 Å². The number of likely N-dealkylation sites (tertiary alicyclic amines) is 1. The highest BCUT2D eigenvalue weighted by atomic mass is 32.2. The van der Waals surface area contributed by atoms with Gasteiger partial charge in [0.05, 0.1) is 11.4 Å². The van der Waals surface area contributed by atoms with Crippen LogP contribution in [0.1, 0.15) is 44.6 Å². The van der Waals surface area contributed by atoms with Crippen LogP contribution >= 0.6 is 0 Å². The van der Waals surface area contributed by atoms with Crippen molar-refractivity contribution in [3.05, 3.63) is 29.8 Å². The molecule has 1 aliphatic heterocycles. The van der Waals surface area contributed by atoms with Gasteiger partial charge < -0.3 is 10.2 Å². The zero-order valence-corrected chi connectivity index (χ0v) is 16.6. The van der Waals surface area contributed by atoms with E-state index in [1.807, 2.05) is 12.1 Å². The molecule has 2 fully saturated rings. The molecule has 144 valence electrons. The van der Waals surface area contributed by atoms with E-state index in [0.717, 1.165) is 31.2 Å². The lowest BCUT2D eigenvalue weighted by atomic mass is 9.86. The SMILES string of the molecule is CCNC(=NCc1ccc(S(=O)(=O)NC)cc1)N1CCC2(CCCC2)C1. The van der Waals surface area contributed by atoms with Crippen molar-refractivity contribution in [2.24, 2.45) is 10.4 Å². The van der Waals surface area contributed by atoms with Gasteiger partial charge in [0.2, 0.25) is 10.0 Å². The van der Waals surface area contributed by atoms with Crippen LogP contribution in [0.5, 0.6) is 0 Å². The molecule has 0 bridgehead atoms. The molecule has 1 aromatic rings. The minimum absolute atomic E-state index is 0.280. The summed E-state index contributed by atoms with van der Waals surface area (Å²) >= 11 is 0. The van der Waals surface area contributed by atoms with E-state index in [-0.39, 0.29) is 4.90 Å². The Bertz CT molecular complexity index is 737. The predicted molar refractivity (Wildman–Crippen MR) is 105 cm³/mol. The highest BCUT2D eigenvalue weighted by Crippen LogP contribution is 2.45. The summed E-state index contributed by atoms with van der Waals surface area (Å²) in [5.74, 6) is 0.975. The first-order chi connectivity index (χ1) is 12.5. The molecule has 0 aromatic heterocycles. The number of rotatable bonds is 5. The third kappa shape index (κ3) is 4.20. The number of benzene rings is 1. The van der Waals surface area contributed by atoms with Gasteiger partial charge in [-0.25, -0.2) is 18.1 Å². The summed E-state index contributed by atoms with van der Waals surface area (Å²) in [4.78, 5) is 7.48. The first-order valence-corrected chi connectivity index (χ1v) is 11.0. The van der Waals surface area contributed by atoms with Gasteiger partial charge in [0.15, 0.2) is 5.96 Å². The molecule has 0 atom stereocenters. The van der Waals surface area contributed by atoms with Crippen molar-refractivity contribution in [3.63, 3.8) is 0 Å². The number of guanidine groups is 1. The van der Waals surface area contributed by atoms with Crippen LogP contribution in [0.2, 0.25) is 0 Å². The molecule has 0 radical (unpaired) electrons. The van der Waals surface area contributed by atoms with Gasteiger partial charge in [-0.05, 0) is 56.3 Å². The lowest BCUT2D eigenvalue weighted by Crippen LogP contribution is -2.41.